The normalized spacial score (nSPS) is 20.4. The van der Waals surface area contributed by atoms with Gasteiger partial charge in [-0.25, -0.2) is 0 Å². The molecule has 4 nitrogen and oxygen atoms in total. The molecule has 1 saturated carbocycles. The monoisotopic (exact) mass is 254 g/mol. The third-order valence-electron chi connectivity index (χ3n) is 3.40. The van der Waals surface area contributed by atoms with Crippen LogP contribution in [-0.2, 0) is 0 Å². The van der Waals surface area contributed by atoms with Crippen molar-refractivity contribution in [2.45, 2.75) is 52.0 Å². The number of guanidine groups is 1. The fraction of sp³-hybridized carbons (Fsp3) is 0.929. The fourth-order valence-electron chi connectivity index (χ4n) is 2.84. The van der Waals surface area contributed by atoms with Crippen LogP contribution in [-0.4, -0.2) is 43.6 Å². The van der Waals surface area contributed by atoms with Crippen LogP contribution in [0.2, 0.25) is 0 Å². The van der Waals surface area contributed by atoms with Gasteiger partial charge in [0.05, 0.1) is 0 Å². The Morgan fingerprint density at radius 2 is 1.83 bits per heavy atom. The lowest BCUT2D eigenvalue weighted by molar-refractivity contribution is 0.210. The van der Waals surface area contributed by atoms with E-state index in [9.17, 15) is 0 Å². The average molecular weight is 254 g/mol. The molecule has 0 saturated heterocycles. The van der Waals surface area contributed by atoms with Gasteiger partial charge in [0.1, 0.15) is 0 Å². The molecule has 0 bridgehead atoms. The second-order valence-electron chi connectivity index (χ2n) is 7.02. The van der Waals surface area contributed by atoms with Crippen molar-refractivity contribution < 1.29 is 0 Å². The van der Waals surface area contributed by atoms with Gasteiger partial charge in [0.2, 0.25) is 0 Å². The molecule has 0 aliphatic heterocycles. The largest absolute Gasteiger partial charge is 0.370 e. The van der Waals surface area contributed by atoms with Gasteiger partial charge >= 0.3 is 0 Å². The van der Waals surface area contributed by atoms with Gasteiger partial charge in [-0.3, -0.25) is 4.99 Å². The van der Waals surface area contributed by atoms with Crippen LogP contribution in [0.25, 0.3) is 0 Å². The Labute approximate surface area is 112 Å². The summed E-state index contributed by atoms with van der Waals surface area (Å²) in [7, 11) is 4.28. The van der Waals surface area contributed by atoms with E-state index in [0.717, 1.165) is 13.1 Å². The van der Waals surface area contributed by atoms with Crippen LogP contribution in [0.15, 0.2) is 4.99 Å². The van der Waals surface area contributed by atoms with Gasteiger partial charge in [-0.05, 0) is 47.7 Å². The number of nitrogens with two attached hydrogens (primary N) is 1. The Bertz CT molecular complexity index is 283. The van der Waals surface area contributed by atoms with Crippen LogP contribution in [0.3, 0.4) is 0 Å². The molecule has 3 N–H and O–H groups in total. The van der Waals surface area contributed by atoms with E-state index in [4.69, 9.17) is 5.73 Å². The molecule has 0 heterocycles. The predicted molar refractivity (Wildman–Crippen MR) is 78.8 cm³/mol. The second-order valence-corrected chi connectivity index (χ2v) is 7.02. The minimum absolute atomic E-state index is 0.0159. The molecule has 0 aromatic carbocycles. The maximum absolute atomic E-state index is 5.95. The molecule has 0 amide bonds. The quantitative estimate of drug-likeness (QED) is 0.594. The molecule has 0 radical (unpaired) electrons. The number of nitrogens with zero attached hydrogens (tertiary/aromatic N) is 2. The molecule has 0 atom stereocenters. The number of nitrogens with one attached hydrogen (secondary N) is 1. The van der Waals surface area contributed by atoms with Gasteiger partial charge in [-0.1, -0.05) is 12.8 Å². The van der Waals surface area contributed by atoms with Gasteiger partial charge in [0.25, 0.3) is 0 Å². The van der Waals surface area contributed by atoms with Gasteiger partial charge in [-0.2, -0.15) is 0 Å². The Morgan fingerprint density at radius 3 is 2.28 bits per heavy atom. The van der Waals surface area contributed by atoms with Crippen molar-refractivity contribution >= 4 is 5.96 Å². The highest BCUT2D eigenvalue weighted by Crippen LogP contribution is 2.38. The topological polar surface area (TPSA) is 53.6 Å². The van der Waals surface area contributed by atoms with Crippen LogP contribution in [0.4, 0.5) is 0 Å². The third-order valence-corrected chi connectivity index (χ3v) is 3.40. The van der Waals surface area contributed by atoms with Crippen molar-refractivity contribution in [3.63, 3.8) is 0 Å². The summed E-state index contributed by atoms with van der Waals surface area (Å²) in [6.45, 7) is 8.25. The predicted octanol–water partition coefficient (Wildman–Crippen LogP) is 1.81. The van der Waals surface area contributed by atoms with Crippen molar-refractivity contribution in [1.29, 1.82) is 0 Å². The van der Waals surface area contributed by atoms with Crippen molar-refractivity contribution in [2.24, 2.45) is 16.1 Å². The zero-order valence-corrected chi connectivity index (χ0v) is 12.7. The summed E-state index contributed by atoms with van der Waals surface area (Å²) in [5.41, 5.74) is 6.28. The maximum Gasteiger partial charge on any atom is 0.189 e. The van der Waals surface area contributed by atoms with E-state index >= 15 is 0 Å². The number of hydrogen-bond acceptors (Lipinski definition) is 2. The first kappa shape index (κ1) is 15.3. The molecule has 0 aromatic rings. The Balaban J connectivity index is 2.59. The third kappa shape index (κ3) is 5.25. The van der Waals surface area contributed by atoms with Crippen molar-refractivity contribution in [2.75, 3.05) is 27.2 Å². The molecule has 18 heavy (non-hydrogen) atoms. The summed E-state index contributed by atoms with van der Waals surface area (Å²) in [5, 5.41) is 3.23. The average Bonchev–Trinajstić information content (AvgIpc) is 2.60. The molecule has 106 valence electrons. The summed E-state index contributed by atoms with van der Waals surface area (Å²) >= 11 is 0. The van der Waals surface area contributed by atoms with E-state index in [0.29, 0.717) is 11.4 Å². The van der Waals surface area contributed by atoms with E-state index in [1.807, 2.05) is 0 Å². The van der Waals surface area contributed by atoms with Crippen molar-refractivity contribution in [3.05, 3.63) is 0 Å². The first-order chi connectivity index (χ1) is 8.22. The zero-order chi connectivity index (χ0) is 13.8. The summed E-state index contributed by atoms with van der Waals surface area (Å²) in [5.74, 6) is 0.576. The summed E-state index contributed by atoms with van der Waals surface area (Å²) in [6.07, 6.45) is 5.21. The standard InChI is InChI=1S/C14H30N4/c1-13(2,3)17-12(15)16-10-14(11-18(4)5)8-6-7-9-14/h6-11H2,1-5H3,(H3,15,16,17). The molecule has 0 aromatic heterocycles. The van der Waals surface area contributed by atoms with Gasteiger partial charge in [-0.15, -0.1) is 0 Å². The Kier molecular flexibility index (Phi) is 5.02. The van der Waals surface area contributed by atoms with Crippen LogP contribution in [0.1, 0.15) is 46.5 Å². The highest BCUT2D eigenvalue weighted by molar-refractivity contribution is 5.78. The van der Waals surface area contributed by atoms with E-state index in [1.165, 1.54) is 25.7 Å². The molecule has 1 aliphatic carbocycles. The second kappa shape index (κ2) is 5.91. The molecule has 1 rings (SSSR count). The summed E-state index contributed by atoms with van der Waals surface area (Å²) in [4.78, 5) is 6.85. The van der Waals surface area contributed by atoms with E-state index in [2.05, 4.69) is 50.1 Å². The highest BCUT2D eigenvalue weighted by Gasteiger charge is 2.34. The van der Waals surface area contributed by atoms with E-state index in [-0.39, 0.29) is 5.54 Å². The first-order valence-corrected chi connectivity index (χ1v) is 6.95. The number of aliphatic imine (C=N–C) groups is 1. The molecule has 1 fully saturated rings. The van der Waals surface area contributed by atoms with Crippen LogP contribution in [0, 0.1) is 5.41 Å². The molecule has 0 spiro atoms. The van der Waals surface area contributed by atoms with Gasteiger partial charge in [0, 0.05) is 24.0 Å². The fourth-order valence-corrected chi connectivity index (χ4v) is 2.84. The lowest BCUT2D eigenvalue weighted by Crippen LogP contribution is -2.45. The van der Waals surface area contributed by atoms with Crippen molar-refractivity contribution in [1.82, 2.24) is 10.2 Å². The smallest absolute Gasteiger partial charge is 0.189 e. The lowest BCUT2D eigenvalue weighted by Gasteiger charge is -2.31. The molecule has 1 aliphatic rings. The minimum atomic E-state index is -0.0159. The molecular formula is C14H30N4. The molecule has 4 heteroatoms. The number of rotatable bonds is 4. The Hall–Kier alpha value is -0.770. The maximum atomic E-state index is 5.95. The van der Waals surface area contributed by atoms with Crippen LogP contribution < -0.4 is 11.1 Å². The van der Waals surface area contributed by atoms with Crippen molar-refractivity contribution in [3.8, 4) is 0 Å². The van der Waals surface area contributed by atoms with E-state index < -0.39 is 0 Å². The van der Waals surface area contributed by atoms with E-state index in [1.54, 1.807) is 0 Å². The lowest BCUT2D eigenvalue weighted by atomic mass is 9.86. The van der Waals surface area contributed by atoms with Crippen LogP contribution in [0.5, 0.6) is 0 Å². The van der Waals surface area contributed by atoms with Gasteiger partial charge < -0.3 is 16.0 Å². The summed E-state index contributed by atoms with van der Waals surface area (Å²) < 4.78 is 0. The van der Waals surface area contributed by atoms with Gasteiger partial charge in [0.15, 0.2) is 5.96 Å². The first-order valence-electron chi connectivity index (χ1n) is 6.95. The Morgan fingerprint density at radius 1 is 1.28 bits per heavy atom. The van der Waals surface area contributed by atoms with Crippen LogP contribution >= 0.6 is 0 Å². The summed E-state index contributed by atoms with van der Waals surface area (Å²) in [6, 6.07) is 0. The highest BCUT2D eigenvalue weighted by atomic mass is 15.1. The minimum Gasteiger partial charge on any atom is -0.370 e. The number of hydrogen-bond donors (Lipinski definition) is 2. The SMILES string of the molecule is CN(C)CC1(CN=C(N)NC(C)(C)C)CCCC1. The molecular weight excluding hydrogens is 224 g/mol. The zero-order valence-electron chi connectivity index (χ0n) is 12.7. The molecule has 0 unspecified atom stereocenters.